The van der Waals surface area contributed by atoms with E-state index in [0.717, 1.165) is 25.2 Å². The van der Waals surface area contributed by atoms with E-state index in [2.05, 4.69) is 17.2 Å². The van der Waals surface area contributed by atoms with Gasteiger partial charge in [0, 0.05) is 30.9 Å². The van der Waals surface area contributed by atoms with Crippen LogP contribution in [0.25, 0.3) is 0 Å². The Labute approximate surface area is 106 Å². The molecule has 0 radical (unpaired) electrons. The molecule has 1 aromatic rings. The van der Waals surface area contributed by atoms with Crippen molar-refractivity contribution in [3.8, 4) is 0 Å². The summed E-state index contributed by atoms with van der Waals surface area (Å²) in [4.78, 5) is 12.7. The van der Waals surface area contributed by atoms with E-state index in [4.69, 9.17) is 5.84 Å². The van der Waals surface area contributed by atoms with E-state index in [9.17, 15) is 10.1 Å². The number of nitrogens with zero attached hydrogens (tertiary/aromatic N) is 2. The maximum absolute atomic E-state index is 10.9. The average Bonchev–Trinajstić information content (AvgIpc) is 2.38. The molecule has 0 amide bonds. The Morgan fingerprint density at radius 2 is 2.28 bits per heavy atom. The van der Waals surface area contributed by atoms with E-state index in [1.165, 1.54) is 12.5 Å². The zero-order valence-electron chi connectivity index (χ0n) is 10.4. The molecule has 1 aliphatic rings. The van der Waals surface area contributed by atoms with E-state index in [1.54, 1.807) is 6.07 Å². The smallest absolute Gasteiger partial charge is 0.273 e. The van der Waals surface area contributed by atoms with Crippen molar-refractivity contribution in [1.82, 2.24) is 0 Å². The monoisotopic (exact) mass is 250 g/mol. The van der Waals surface area contributed by atoms with Crippen LogP contribution in [-0.2, 0) is 0 Å². The van der Waals surface area contributed by atoms with Crippen LogP contribution in [0.3, 0.4) is 0 Å². The van der Waals surface area contributed by atoms with E-state index >= 15 is 0 Å². The fourth-order valence-corrected chi connectivity index (χ4v) is 2.39. The first-order valence-corrected chi connectivity index (χ1v) is 6.11. The third-order valence-electron chi connectivity index (χ3n) is 3.30. The largest absolute Gasteiger partial charge is 0.371 e. The summed E-state index contributed by atoms with van der Waals surface area (Å²) in [6.45, 7) is 4.08. The van der Waals surface area contributed by atoms with Gasteiger partial charge in [-0.3, -0.25) is 16.0 Å². The summed E-state index contributed by atoms with van der Waals surface area (Å²) in [5, 5.41) is 10.9. The molecule has 1 saturated heterocycles. The molecule has 0 aliphatic carbocycles. The number of hydrogen-bond acceptors (Lipinski definition) is 5. The Balaban J connectivity index is 2.31. The second kappa shape index (κ2) is 5.22. The molecule has 1 aromatic carbocycles. The lowest BCUT2D eigenvalue weighted by Crippen LogP contribution is -2.34. The van der Waals surface area contributed by atoms with Crippen molar-refractivity contribution in [2.24, 2.45) is 11.8 Å². The number of nitrogens with one attached hydrogen (secondary N) is 1. The van der Waals surface area contributed by atoms with Gasteiger partial charge in [-0.25, -0.2) is 0 Å². The van der Waals surface area contributed by atoms with Gasteiger partial charge in [0.25, 0.3) is 5.69 Å². The average molecular weight is 250 g/mol. The fourth-order valence-electron chi connectivity index (χ4n) is 2.39. The van der Waals surface area contributed by atoms with Crippen LogP contribution in [0.1, 0.15) is 19.8 Å². The molecule has 3 N–H and O–H groups in total. The Kier molecular flexibility index (Phi) is 3.66. The number of rotatable bonds is 3. The van der Waals surface area contributed by atoms with Crippen molar-refractivity contribution in [1.29, 1.82) is 0 Å². The molecule has 0 aromatic heterocycles. The summed E-state index contributed by atoms with van der Waals surface area (Å²) in [6.07, 6.45) is 2.34. The summed E-state index contributed by atoms with van der Waals surface area (Å²) < 4.78 is 0. The second-order valence-corrected chi connectivity index (χ2v) is 4.83. The SMILES string of the molecule is CC1CCCN(c2cc(NN)cc([N+](=O)[O-])c2)C1. The van der Waals surface area contributed by atoms with Gasteiger partial charge in [-0.15, -0.1) is 0 Å². The van der Waals surface area contributed by atoms with Crippen molar-refractivity contribution < 1.29 is 4.92 Å². The highest BCUT2D eigenvalue weighted by molar-refractivity contribution is 5.64. The summed E-state index contributed by atoms with van der Waals surface area (Å²) >= 11 is 0. The molecule has 1 unspecified atom stereocenters. The van der Waals surface area contributed by atoms with Gasteiger partial charge >= 0.3 is 0 Å². The van der Waals surface area contributed by atoms with Gasteiger partial charge in [-0.05, 0) is 24.8 Å². The Morgan fingerprint density at radius 1 is 1.50 bits per heavy atom. The third kappa shape index (κ3) is 2.70. The van der Waals surface area contributed by atoms with Crippen LogP contribution in [0.4, 0.5) is 17.1 Å². The number of nitro benzene ring substituents is 1. The van der Waals surface area contributed by atoms with Gasteiger partial charge in [0.1, 0.15) is 0 Å². The molecule has 1 aliphatic heterocycles. The van der Waals surface area contributed by atoms with Gasteiger partial charge in [-0.2, -0.15) is 0 Å². The first kappa shape index (κ1) is 12.6. The quantitative estimate of drug-likeness (QED) is 0.487. The van der Waals surface area contributed by atoms with Crippen molar-refractivity contribution in [2.75, 3.05) is 23.4 Å². The molecule has 0 spiro atoms. The van der Waals surface area contributed by atoms with Crippen LogP contribution in [-0.4, -0.2) is 18.0 Å². The molecule has 6 heteroatoms. The van der Waals surface area contributed by atoms with Gasteiger partial charge < -0.3 is 10.3 Å². The van der Waals surface area contributed by atoms with E-state index in [1.807, 2.05) is 6.07 Å². The number of nitro groups is 1. The number of nitrogen functional groups attached to an aromatic ring is 1. The molecule has 2 rings (SSSR count). The number of benzene rings is 1. The first-order valence-electron chi connectivity index (χ1n) is 6.11. The van der Waals surface area contributed by atoms with Crippen molar-refractivity contribution in [2.45, 2.75) is 19.8 Å². The van der Waals surface area contributed by atoms with Crippen LogP contribution in [0.5, 0.6) is 0 Å². The lowest BCUT2D eigenvalue weighted by atomic mass is 9.99. The maximum Gasteiger partial charge on any atom is 0.273 e. The molecule has 98 valence electrons. The summed E-state index contributed by atoms with van der Waals surface area (Å²) in [6, 6.07) is 4.90. The van der Waals surface area contributed by atoms with Crippen molar-refractivity contribution in [3.63, 3.8) is 0 Å². The van der Waals surface area contributed by atoms with Crippen LogP contribution in [0.15, 0.2) is 18.2 Å². The Hall–Kier alpha value is -1.82. The minimum absolute atomic E-state index is 0.0682. The minimum atomic E-state index is -0.391. The molecule has 1 heterocycles. The predicted octanol–water partition coefficient (Wildman–Crippen LogP) is 2.12. The standard InChI is InChI=1S/C12H18N4O2/c1-9-3-2-4-15(8-9)11-5-10(14-13)6-12(7-11)16(17)18/h5-7,9,14H,2-4,8,13H2,1H3. The molecule has 1 fully saturated rings. The third-order valence-corrected chi connectivity index (χ3v) is 3.30. The lowest BCUT2D eigenvalue weighted by molar-refractivity contribution is -0.384. The van der Waals surface area contributed by atoms with E-state index < -0.39 is 4.92 Å². The number of hydrazine groups is 1. The summed E-state index contributed by atoms with van der Waals surface area (Å²) in [5.41, 5.74) is 3.98. The predicted molar refractivity (Wildman–Crippen MR) is 71.5 cm³/mol. The summed E-state index contributed by atoms with van der Waals surface area (Å²) in [7, 11) is 0. The second-order valence-electron chi connectivity index (χ2n) is 4.83. The molecular weight excluding hydrogens is 232 g/mol. The highest BCUT2D eigenvalue weighted by Gasteiger charge is 2.19. The van der Waals surface area contributed by atoms with Crippen LogP contribution >= 0.6 is 0 Å². The molecular formula is C12H18N4O2. The number of non-ortho nitro benzene ring substituents is 1. The van der Waals surface area contributed by atoms with E-state index in [0.29, 0.717) is 11.6 Å². The number of anilines is 2. The zero-order chi connectivity index (χ0) is 13.1. The van der Waals surface area contributed by atoms with Crippen LogP contribution in [0.2, 0.25) is 0 Å². The van der Waals surface area contributed by atoms with Crippen LogP contribution in [0, 0.1) is 16.0 Å². The fraction of sp³-hybridized carbons (Fsp3) is 0.500. The molecule has 0 bridgehead atoms. The molecule has 6 nitrogen and oxygen atoms in total. The lowest BCUT2D eigenvalue weighted by Gasteiger charge is -2.32. The highest BCUT2D eigenvalue weighted by Crippen LogP contribution is 2.29. The van der Waals surface area contributed by atoms with Gasteiger partial charge in [0.2, 0.25) is 0 Å². The number of piperidine rings is 1. The van der Waals surface area contributed by atoms with Crippen LogP contribution < -0.4 is 16.2 Å². The maximum atomic E-state index is 10.9. The van der Waals surface area contributed by atoms with E-state index in [-0.39, 0.29) is 5.69 Å². The topological polar surface area (TPSA) is 84.4 Å². The Bertz CT molecular complexity index is 450. The van der Waals surface area contributed by atoms with Crippen molar-refractivity contribution >= 4 is 17.1 Å². The zero-order valence-corrected chi connectivity index (χ0v) is 10.4. The van der Waals surface area contributed by atoms with Gasteiger partial charge in [-0.1, -0.05) is 6.92 Å². The highest BCUT2D eigenvalue weighted by atomic mass is 16.6. The number of nitrogens with two attached hydrogens (primary N) is 1. The van der Waals surface area contributed by atoms with Gasteiger partial charge in [0.05, 0.1) is 10.6 Å². The number of hydrogen-bond donors (Lipinski definition) is 2. The minimum Gasteiger partial charge on any atom is -0.371 e. The molecule has 1 atom stereocenters. The first-order chi connectivity index (χ1) is 8.60. The van der Waals surface area contributed by atoms with Crippen molar-refractivity contribution in [3.05, 3.63) is 28.3 Å². The molecule has 18 heavy (non-hydrogen) atoms. The summed E-state index contributed by atoms with van der Waals surface area (Å²) in [5.74, 6) is 5.97. The Morgan fingerprint density at radius 3 is 2.89 bits per heavy atom. The molecule has 0 saturated carbocycles. The van der Waals surface area contributed by atoms with Gasteiger partial charge in [0.15, 0.2) is 0 Å². The normalized spacial score (nSPS) is 19.7.